The molecule has 5 heteroatoms. The van der Waals surface area contributed by atoms with E-state index in [1.54, 1.807) is 13.1 Å². The van der Waals surface area contributed by atoms with Gasteiger partial charge in [-0.15, -0.1) is 0 Å². The number of methoxy groups -OCH3 is 1. The van der Waals surface area contributed by atoms with Crippen molar-refractivity contribution < 1.29 is 18.3 Å². The summed E-state index contributed by atoms with van der Waals surface area (Å²) in [6, 6.07) is 4.98. The van der Waals surface area contributed by atoms with Crippen molar-refractivity contribution in [3.05, 3.63) is 35.4 Å². The number of rotatable bonds is 4. The minimum atomic E-state index is -2.55. The summed E-state index contributed by atoms with van der Waals surface area (Å²) in [6.07, 6.45) is -2.55. The van der Waals surface area contributed by atoms with Crippen molar-refractivity contribution in [1.82, 2.24) is 5.32 Å². The van der Waals surface area contributed by atoms with Crippen LogP contribution in [0.15, 0.2) is 24.3 Å². The van der Waals surface area contributed by atoms with Crippen LogP contribution >= 0.6 is 0 Å². The van der Waals surface area contributed by atoms with Crippen LogP contribution in [0.5, 0.6) is 0 Å². The average molecular weight is 229 g/mol. The van der Waals surface area contributed by atoms with Gasteiger partial charge < -0.3 is 10.1 Å². The molecule has 0 saturated carbocycles. The number of esters is 1. The molecule has 0 aliphatic heterocycles. The highest BCUT2D eigenvalue weighted by Crippen LogP contribution is 2.22. The van der Waals surface area contributed by atoms with Gasteiger partial charge in [0.1, 0.15) is 6.04 Å². The van der Waals surface area contributed by atoms with Gasteiger partial charge in [0.15, 0.2) is 0 Å². The Labute approximate surface area is 92.4 Å². The van der Waals surface area contributed by atoms with E-state index in [9.17, 15) is 13.6 Å². The summed E-state index contributed by atoms with van der Waals surface area (Å²) < 4.78 is 29.5. The van der Waals surface area contributed by atoms with Crippen molar-refractivity contribution in [2.45, 2.75) is 12.5 Å². The Hall–Kier alpha value is -1.49. The van der Waals surface area contributed by atoms with Gasteiger partial charge in [-0.2, -0.15) is 0 Å². The number of carbonyl (C=O) groups is 1. The Balaban J connectivity index is 3.01. The fourth-order valence-electron chi connectivity index (χ4n) is 1.41. The molecule has 1 aromatic rings. The quantitative estimate of drug-likeness (QED) is 0.803. The number of nitrogens with one attached hydrogen (secondary N) is 1. The van der Waals surface area contributed by atoms with Crippen molar-refractivity contribution in [1.29, 1.82) is 0 Å². The first-order valence-corrected chi connectivity index (χ1v) is 4.73. The van der Waals surface area contributed by atoms with E-state index in [2.05, 4.69) is 10.1 Å². The maximum Gasteiger partial charge on any atom is 0.327 e. The standard InChI is InChI=1S/C11H13F2NO2/c1-14-9(11(15)16-2)7-4-3-5-8(6-7)10(12)13/h3-6,9-10,14H,1-2H3. The van der Waals surface area contributed by atoms with Crippen LogP contribution in [0.4, 0.5) is 8.78 Å². The first-order chi connectivity index (χ1) is 7.60. The van der Waals surface area contributed by atoms with Crippen LogP contribution < -0.4 is 5.32 Å². The van der Waals surface area contributed by atoms with Crippen LogP contribution in [0, 0.1) is 0 Å². The number of benzene rings is 1. The van der Waals surface area contributed by atoms with Crippen LogP contribution in [0.25, 0.3) is 0 Å². The van der Waals surface area contributed by atoms with E-state index >= 15 is 0 Å². The van der Waals surface area contributed by atoms with Crippen LogP contribution in [-0.4, -0.2) is 20.1 Å². The first-order valence-electron chi connectivity index (χ1n) is 4.73. The lowest BCUT2D eigenvalue weighted by Crippen LogP contribution is -2.26. The molecule has 0 aliphatic carbocycles. The third-order valence-corrected chi connectivity index (χ3v) is 2.22. The molecule has 0 spiro atoms. The molecule has 0 bridgehead atoms. The molecule has 88 valence electrons. The lowest BCUT2D eigenvalue weighted by Gasteiger charge is -2.14. The van der Waals surface area contributed by atoms with E-state index in [0.717, 1.165) is 0 Å². The second-order valence-corrected chi connectivity index (χ2v) is 3.22. The van der Waals surface area contributed by atoms with E-state index < -0.39 is 18.4 Å². The molecule has 1 rings (SSSR count). The molecule has 0 saturated heterocycles. The predicted molar refractivity (Wildman–Crippen MR) is 55.2 cm³/mol. The zero-order chi connectivity index (χ0) is 12.1. The number of ether oxygens (including phenoxy) is 1. The SMILES string of the molecule is CNC(C(=O)OC)c1cccc(C(F)F)c1. The maximum absolute atomic E-state index is 12.5. The molecule has 1 unspecified atom stereocenters. The Bertz CT molecular complexity index is 369. The second kappa shape index (κ2) is 5.55. The predicted octanol–water partition coefficient (Wildman–Crippen LogP) is 2.06. The molecule has 0 amide bonds. The number of likely N-dealkylation sites (N-methyl/N-ethyl adjacent to an activating group) is 1. The van der Waals surface area contributed by atoms with Gasteiger partial charge in [-0.25, -0.2) is 13.6 Å². The fraction of sp³-hybridized carbons (Fsp3) is 0.364. The lowest BCUT2D eigenvalue weighted by molar-refractivity contribution is -0.143. The van der Waals surface area contributed by atoms with Crippen molar-refractivity contribution in [2.75, 3.05) is 14.2 Å². The van der Waals surface area contributed by atoms with E-state index in [-0.39, 0.29) is 5.56 Å². The van der Waals surface area contributed by atoms with Crippen molar-refractivity contribution in [2.24, 2.45) is 0 Å². The molecular weight excluding hydrogens is 216 g/mol. The third kappa shape index (κ3) is 2.76. The smallest absolute Gasteiger partial charge is 0.327 e. The number of halogens is 2. The summed E-state index contributed by atoms with van der Waals surface area (Å²) >= 11 is 0. The summed E-state index contributed by atoms with van der Waals surface area (Å²) in [7, 11) is 2.82. The van der Waals surface area contributed by atoms with Gasteiger partial charge in [-0.3, -0.25) is 0 Å². The van der Waals surface area contributed by atoms with Crippen molar-refractivity contribution in [3.8, 4) is 0 Å². The normalized spacial score (nSPS) is 12.6. The highest BCUT2D eigenvalue weighted by atomic mass is 19.3. The van der Waals surface area contributed by atoms with Crippen LogP contribution in [0.2, 0.25) is 0 Å². The maximum atomic E-state index is 12.5. The summed E-state index contributed by atoms with van der Waals surface area (Å²) in [4.78, 5) is 11.4. The van der Waals surface area contributed by atoms with Crippen molar-refractivity contribution in [3.63, 3.8) is 0 Å². The largest absolute Gasteiger partial charge is 0.468 e. The zero-order valence-electron chi connectivity index (χ0n) is 9.04. The van der Waals surface area contributed by atoms with E-state index in [1.807, 2.05) is 0 Å². The van der Waals surface area contributed by atoms with Gasteiger partial charge in [0.05, 0.1) is 7.11 Å². The number of hydrogen-bond donors (Lipinski definition) is 1. The minimum absolute atomic E-state index is 0.110. The Kier molecular flexibility index (Phi) is 4.37. The first kappa shape index (κ1) is 12.6. The van der Waals surface area contributed by atoms with Gasteiger partial charge in [-0.05, 0) is 18.7 Å². The lowest BCUT2D eigenvalue weighted by atomic mass is 10.0. The molecule has 0 fully saturated rings. The van der Waals surface area contributed by atoms with Gasteiger partial charge in [0.25, 0.3) is 6.43 Å². The minimum Gasteiger partial charge on any atom is -0.468 e. The van der Waals surface area contributed by atoms with Crippen LogP contribution in [0.3, 0.4) is 0 Å². The van der Waals surface area contributed by atoms with Crippen LogP contribution in [0.1, 0.15) is 23.6 Å². The molecule has 0 radical (unpaired) electrons. The Morgan fingerprint density at radius 2 is 2.00 bits per heavy atom. The third-order valence-electron chi connectivity index (χ3n) is 2.22. The topological polar surface area (TPSA) is 38.3 Å². The summed E-state index contributed by atoms with van der Waals surface area (Å²) in [5.74, 6) is -0.506. The molecule has 1 atom stereocenters. The molecule has 3 nitrogen and oxygen atoms in total. The second-order valence-electron chi connectivity index (χ2n) is 3.22. The van der Waals surface area contributed by atoms with E-state index in [4.69, 9.17) is 0 Å². The highest BCUT2D eigenvalue weighted by molar-refractivity contribution is 5.77. The molecule has 0 heterocycles. The summed E-state index contributed by atoms with van der Waals surface area (Å²) in [5, 5.41) is 2.72. The average Bonchev–Trinajstić information content (AvgIpc) is 2.30. The molecule has 1 aromatic carbocycles. The van der Waals surface area contributed by atoms with Gasteiger partial charge >= 0.3 is 5.97 Å². The highest BCUT2D eigenvalue weighted by Gasteiger charge is 2.20. The molecular formula is C11H13F2NO2. The fourth-order valence-corrected chi connectivity index (χ4v) is 1.41. The van der Waals surface area contributed by atoms with Crippen LogP contribution in [-0.2, 0) is 9.53 Å². The Morgan fingerprint density at radius 3 is 2.50 bits per heavy atom. The Morgan fingerprint density at radius 1 is 1.38 bits per heavy atom. The monoisotopic (exact) mass is 229 g/mol. The summed E-state index contributed by atoms with van der Waals surface area (Å²) in [6.45, 7) is 0. The van der Waals surface area contributed by atoms with Gasteiger partial charge in [-0.1, -0.05) is 18.2 Å². The number of carbonyl (C=O) groups excluding carboxylic acids is 1. The van der Waals surface area contributed by atoms with E-state index in [1.165, 1.54) is 25.3 Å². The van der Waals surface area contributed by atoms with Gasteiger partial charge in [0, 0.05) is 5.56 Å². The summed E-state index contributed by atoms with van der Waals surface area (Å²) in [5.41, 5.74) is 0.355. The number of alkyl halides is 2. The molecule has 1 N–H and O–H groups in total. The van der Waals surface area contributed by atoms with Gasteiger partial charge in [0.2, 0.25) is 0 Å². The zero-order valence-corrected chi connectivity index (χ0v) is 9.04. The molecule has 0 aliphatic rings. The number of hydrogen-bond acceptors (Lipinski definition) is 3. The van der Waals surface area contributed by atoms with E-state index in [0.29, 0.717) is 5.56 Å². The molecule has 0 aromatic heterocycles. The molecule has 16 heavy (non-hydrogen) atoms. The van der Waals surface area contributed by atoms with Crippen molar-refractivity contribution >= 4 is 5.97 Å².